The van der Waals surface area contributed by atoms with Crippen molar-refractivity contribution in [3.8, 4) is 0 Å². The number of aliphatic carboxylic acids is 1. The summed E-state index contributed by atoms with van der Waals surface area (Å²) in [6.07, 6.45) is 1.14. The Morgan fingerprint density at radius 1 is 1.29 bits per heavy atom. The number of carboxylic acid groups (broad SMARTS) is 1. The zero-order chi connectivity index (χ0) is 17.9. The Morgan fingerprint density at radius 2 is 1.88 bits per heavy atom. The van der Waals surface area contributed by atoms with Crippen molar-refractivity contribution in [1.29, 1.82) is 0 Å². The minimum atomic E-state index is -3.68. The number of hydrogen-bond acceptors (Lipinski definition) is 5. The third-order valence-electron chi connectivity index (χ3n) is 4.15. The standard InChI is InChI=1S/C15H21N3O5S/c1-2-18(9-14(19)20)12-7-11(8-12)17-24(22,23)13-5-3-10(4-6-13)15(16)21/h3-6,11-12,17H,2,7-9H2,1H3,(H2,16,21)(H,19,20). The third-order valence-corrected chi connectivity index (χ3v) is 5.68. The normalized spacial score (nSPS) is 20.6. The highest BCUT2D eigenvalue weighted by atomic mass is 32.2. The van der Waals surface area contributed by atoms with Gasteiger partial charge in [0.1, 0.15) is 0 Å². The summed E-state index contributed by atoms with van der Waals surface area (Å²) in [5.41, 5.74) is 5.37. The third kappa shape index (κ3) is 4.31. The number of nitrogens with two attached hydrogens (primary N) is 1. The summed E-state index contributed by atoms with van der Waals surface area (Å²) in [7, 11) is -3.68. The van der Waals surface area contributed by atoms with E-state index >= 15 is 0 Å². The highest BCUT2D eigenvalue weighted by molar-refractivity contribution is 7.89. The van der Waals surface area contributed by atoms with Gasteiger partial charge >= 0.3 is 5.97 Å². The first-order valence-corrected chi connectivity index (χ1v) is 9.09. The van der Waals surface area contributed by atoms with Crippen molar-refractivity contribution in [3.63, 3.8) is 0 Å². The van der Waals surface area contributed by atoms with E-state index in [1.807, 2.05) is 11.8 Å². The molecule has 8 nitrogen and oxygen atoms in total. The molecule has 1 aliphatic rings. The largest absolute Gasteiger partial charge is 0.480 e. The minimum absolute atomic E-state index is 0.0464. The predicted molar refractivity (Wildman–Crippen MR) is 87.0 cm³/mol. The maximum Gasteiger partial charge on any atom is 0.317 e. The van der Waals surface area contributed by atoms with Gasteiger partial charge in [0.15, 0.2) is 0 Å². The number of carbonyl (C=O) groups is 2. The van der Waals surface area contributed by atoms with Crippen LogP contribution in [0.25, 0.3) is 0 Å². The molecule has 0 saturated heterocycles. The number of sulfonamides is 1. The number of carbonyl (C=O) groups excluding carboxylic acids is 1. The molecule has 0 aromatic heterocycles. The van der Waals surface area contributed by atoms with Crippen LogP contribution in [0.2, 0.25) is 0 Å². The summed E-state index contributed by atoms with van der Waals surface area (Å²) in [4.78, 5) is 23.7. The SMILES string of the molecule is CCN(CC(=O)O)C1CC(NS(=O)(=O)c2ccc(C(N)=O)cc2)C1. The van der Waals surface area contributed by atoms with Crippen LogP contribution in [0.1, 0.15) is 30.1 Å². The molecule has 2 rings (SSSR count). The van der Waals surface area contributed by atoms with Crippen LogP contribution in [-0.2, 0) is 14.8 Å². The van der Waals surface area contributed by atoms with Gasteiger partial charge in [-0.15, -0.1) is 0 Å². The number of nitrogens with one attached hydrogen (secondary N) is 1. The fraction of sp³-hybridized carbons (Fsp3) is 0.467. The molecule has 4 N–H and O–H groups in total. The fourth-order valence-corrected chi connectivity index (χ4v) is 4.00. The van der Waals surface area contributed by atoms with Crippen molar-refractivity contribution in [2.45, 2.75) is 36.7 Å². The van der Waals surface area contributed by atoms with Crippen LogP contribution in [0.4, 0.5) is 0 Å². The Hall–Kier alpha value is -1.97. The number of likely N-dealkylation sites (N-methyl/N-ethyl adjacent to an activating group) is 1. The van der Waals surface area contributed by atoms with Gasteiger partial charge in [0, 0.05) is 17.6 Å². The van der Waals surface area contributed by atoms with Crippen LogP contribution in [0, 0.1) is 0 Å². The molecule has 1 aliphatic carbocycles. The molecule has 0 radical (unpaired) electrons. The molecule has 1 amide bonds. The zero-order valence-electron chi connectivity index (χ0n) is 13.3. The molecular formula is C15H21N3O5S. The van der Waals surface area contributed by atoms with Gasteiger partial charge < -0.3 is 10.8 Å². The highest BCUT2D eigenvalue weighted by Crippen LogP contribution is 2.27. The number of rotatable bonds is 8. The first kappa shape index (κ1) is 18.4. The molecule has 1 aromatic rings. The van der Waals surface area contributed by atoms with Gasteiger partial charge in [-0.25, -0.2) is 13.1 Å². The zero-order valence-corrected chi connectivity index (χ0v) is 14.1. The fourth-order valence-electron chi connectivity index (χ4n) is 2.74. The van der Waals surface area contributed by atoms with Crippen molar-refractivity contribution < 1.29 is 23.1 Å². The average molecular weight is 355 g/mol. The van der Waals surface area contributed by atoms with E-state index in [1.54, 1.807) is 0 Å². The van der Waals surface area contributed by atoms with Gasteiger partial charge in [0.25, 0.3) is 0 Å². The quantitative estimate of drug-likeness (QED) is 0.602. The molecule has 1 saturated carbocycles. The average Bonchev–Trinajstić information content (AvgIpc) is 2.48. The van der Waals surface area contributed by atoms with Crippen molar-refractivity contribution in [2.24, 2.45) is 5.73 Å². The van der Waals surface area contributed by atoms with E-state index in [0.29, 0.717) is 19.4 Å². The van der Waals surface area contributed by atoms with E-state index in [9.17, 15) is 18.0 Å². The molecular weight excluding hydrogens is 334 g/mol. The summed E-state index contributed by atoms with van der Waals surface area (Å²) in [5, 5.41) is 8.86. The van der Waals surface area contributed by atoms with Crippen molar-refractivity contribution >= 4 is 21.9 Å². The molecule has 9 heteroatoms. The second-order valence-corrected chi connectivity index (χ2v) is 7.50. The lowest BCUT2D eigenvalue weighted by atomic mass is 9.86. The van der Waals surface area contributed by atoms with E-state index in [1.165, 1.54) is 24.3 Å². The first-order valence-electron chi connectivity index (χ1n) is 7.61. The summed E-state index contributed by atoms with van der Waals surface area (Å²) >= 11 is 0. The summed E-state index contributed by atoms with van der Waals surface area (Å²) in [6.45, 7) is 2.43. The summed E-state index contributed by atoms with van der Waals surface area (Å²) in [6, 6.07) is 5.25. The number of primary amides is 1. The monoisotopic (exact) mass is 355 g/mol. The number of carboxylic acids is 1. The molecule has 132 valence electrons. The van der Waals surface area contributed by atoms with Gasteiger partial charge in [0.2, 0.25) is 15.9 Å². The molecule has 0 atom stereocenters. The number of benzene rings is 1. The molecule has 1 fully saturated rings. The van der Waals surface area contributed by atoms with Crippen molar-refractivity contribution in [1.82, 2.24) is 9.62 Å². The molecule has 0 unspecified atom stereocenters. The van der Waals surface area contributed by atoms with Crippen LogP contribution < -0.4 is 10.5 Å². The highest BCUT2D eigenvalue weighted by Gasteiger charge is 2.36. The van der Waals surface area contributed by atoms with Crippen molar-refractivity contribution in [2.75, 3.05) is 13.1 Å². The Balaban J connectivity index is 1.94. The molecule has 24 heavy (non-hydrogen) atoms. The lowest BCUT2D eigenvalue weighted by Crippen LogP contribution is -2.54. The lowest BCUT2D eigenvalue weighted by Gasteiger charge is -2.42. The van der Waals surface area contributed by atoms with E-state index in [2.05, 4.69) is 4.72 Å². The molecule has 1 aromatic carbocycles. The van der Waals surface area contributed by atoms with Gasteiger partial charge in [-0.1, -0.05) is 6.92 Å². The number of hydrogen-bond donors (Lipinski definition) is 3. The van der Waals surface area contributed by atoms with Gasteiger partial charge in [0.05, 0.1) is 11.4 Å². The lowest BCUT2D eigenvalue weighted by molar-refractivity contribution is -0.139. The number of nitrogens with zero attached hydrogens (tertiary/aromatic N) is 1. The van der Waals surface area contributed by atoms with Gasteiger partial charge in [-0.3, -0.25) is 14.5 Å². The van der Waals surface area contributed by atoms with Crippen LogP contribution in [0.5, 0.6) is 0 Å². The Kier molecular flexibility index (Phi) is 5.58. The smallest absolute Gasteiger partial charge is 0.317 e. The Labute approximate surface area is 140 Å². The topological polar surface area (TPSA) is 130 Å². The second-order valence-electron chi connectivity index (χ2n) is 5.79. The Bertz CT molecular complexity index is 711. The predicted octanol–water partition coefficient (Wildman–Crippen LogP) is 0.00130. The molecule has 0 aliphatic heterocycles. The maximum atomic E-state index is 12.3. The number of amides is 1. The van der Waals surface area contributed by atoms with Crippen LogP contribution in [-0.4, -0.2) is 55.5 Å². The summed E-state index contributed by atoms with van der Waals surface area (Å²) in [5.74, 6) is -1.51. The molecule has 0 bridgehead atoms. The van der Waals surface area contributed by atoms with Crippen LogP contribution >= 0.6 is 0 Å². The van der Waals surface area contributed by atoms with Crippen LogP contribution in [0.3, 0.4) is 0 Å². The van der Waals surface area contributed by atoms with E-state index < -0.39 is 21.9 Å². The first-order chi connectivity index (χ1) is 11.2. The maximum absolute atomic E-state index is 12.3. The van der Waals surface area contributed by atoms with Gasteiger partial charge in [-0.2, -0.15) is 0 Å². The van der Waals surface area contributed by atoms with E-state index in [-0.39, 0.29) is 29.1 Å². The Morgan fingerprint density at radius 3 is 2.33 bits per heavy atom. The second kappa shape index (κ2) is 7.29. The summed E-state index contributed by atoms with van der Waals surface area (Å²) < 4.78 is 27.2. The van der Waals surface area contributed by atoms with Gasteiger partial charge in [-0.05, 0) is 43.7 Å². The molecule has 0 heterocycles. The van der Waals surface area contributed by atoms with Crippen LogP contribution in [0.15, 0.2) is 29.2 Å². The van der Waals surface area contributed by atoms with E-state index in [0.717, 1.165) is 0 Å². The van der Waals surface area contributed by atoms with E-state index in [4.69, 9.17) is 10.8 Å². The molecule has 0 spiro atoms. The van der Waals surface area contributed by atoms with Crippen molar-refractivity contribution in [3.05, 3.63) is 29.8 Å². The minimum Gasteiger partial charge on any atom is -0.480 e.